The Balaban J connectivity index is 1.87. The van der Waals surface area contributed by atoms with Crippen LogP contribution in [0.4, 0.5) is 5.69 Å². The van der Waals surface area contributed by atoms with Crippen LogP contribution >= 0.6 is 0 Å². The Morgan fingerprint density at radius 2 is 1.54 bits per heavy atom. The highest BCUT2D eigenvalue weighted by Crippen LogP contribution is 2.30. The highest BCUT2D eigenvalue weighted by atomic mass is 32.2. The predicted molar refractivity (Wildman–Crippen MR) is 100 cm³/mol. The summed E-state index contributed by atoms with van der Waals surface area (Å²) in [5, 5.41) is 0. The van der Waals surface area contributed by atoms with Crippen molar-refractivity contribution in [3.8, 4) is 11.5 Å². The molecule has 6 heteroatoms. The molecule has 0 radical (unpaired) electrons. The number of hydrogen-bond donors (Lipinski definition) is 1. The molecular formula is C20H19NO4S. The second-order valence-electron chi connectivity index (χ2n) is 5.65. The van der Waals surface area contributed by atoms with Gasteiger partial charge in [0.05, 0.1) is 22.6 Å². The molecule has 3 aromatic rings. The highest BCUT2D eigenvalue weighted by molar-refractivity contribution is 7.91. The van der Waals surface area contributed by atoms with Crippen LogP contribution in [-0.4, -0.2) is 15.5 Å². The number of rotatable bonds is 6. The van der Waals surface area contributed by atoms with E-state index in [4.69, 9.17) is 15.2 Å². The van der Waals surface area contributed by atoms with Gasteiger partial charge < -0.3 is 15.2 Å². The molecule has 0 amide bonds. The fraction of sp³-hybridized carbons (Fsp3) is 0.100. The van der Waals surface area contributed by atoms with Crippen molar-refractivity contribution in [2.24, 2.45) is 0 Å². The summed E-state index contributed by atoms with van der Waals surface area (Å²) < 4.78 is 36.5. The zero-order chi connectivity index (χ0) is 18.6. The Hall–Kier alpha value is -2.99. The van der Waals surface area contributed by atoms with E-state index in [0.717, 1.165) is 5.56 Å². The van der Waals surface area contributed by atoms with Gasteiger partial charge in [-0.2, -0.15) is 0 Å². The van der Waals surface area contributed by atoms with Crippen molar-refractivity contribution in [1.82, 2.24) is 0 Å². The van der Waals surface area contributed by atoms with Gasteiger partial charge in [-0.1, -0.05) is 30.3 Å². The molecule has 26 heavy (non-hydrogen) atoms. The van der Waals surface area contributed by atoms with E-state index in [-0.39, 0.29) is 9.79 Å². The molecule has 0 saturated heterocycles. The van der Waals surface area contributed by atoms with E-state index in [1.807, 2.05) is 30.3 Å². The number of nitrogens with two attached hydrogens (primary N) is 1. The Labute approximate surface area is 152 Å². The summed E-state index contributed by atoms with van der Waals surface area (Å²) in [4.78, 5) is 0.303. The number of ether oxygens (including phenoxy) is 2. The smallest absolute Gasteiger partial charge is 0.206 e. The highest BCUT2D eigenvalue weighted by Gasteiger charge is 2.19. The molecule has 0 aliphatic carbocycles. The maximum atomic E-state index is 12.8. The maximum absolute atomic E-state index is 12.8. The first-order chi connectivity index (χ1) is 12.5. The van der Waals surface area contributed by atoms with Crippen molar-refractivity contribution in [3.05, 3.63) is 78.4 Å². The van der Waals surface area contributed by atoms with Crippen molar-refractivity contribution >= 4 is 15.5 Å². The second-order valence-corrected chi connectivity index (χ2v) is 7.60. The minimum absolute atomic E-state index is 0.125. The lowest BCUT2D eigenvalue weighted by Gasteiger charge is -2.12. The van der Waals surface area contributed by atoms with Crippen molar-refractivity contribution in [2.45, 2.75) is 16.4 Å². The zero-order valence-electron chi connectivity index (χ0n) is 14.3. The molecule has 0 bridgehead atoms. The minimum atomic E-state index is -3.68. The average molecular weight is 369 g/mol. The van der Waals surface area contributed by atoms with Crippen molar-refractivity contribution in [3.63, 3.8) is 0 Å². The van der Waals surface area contributed by atoms with Crippen molar-refractivity contribution < 1.29 is 17.9 Å². The fourth-order valence-electron chi connectivity index (χ4n) is 2.43. The molecular weight excluding hydrogens is 350 g/mol. The van der Waals surface area contributed by atoms with Crippen LogP contribution in [0.2, 0.25) is 0 Å². The molecule has 0 fully saturated rings. The van der Waals surface area contributed by atoms with Crippen LogP contribution in [0, 0.1) is 0 Å². The predicted octanol–water partition coefficient (Wildman–Crippen LogP) is 3.69. The van der Waals surface area contributed by atoms with Gasteiger partial charge in [0.15, 0.2) is 0 Å². The van der Waals surface area contributed by atoms with Gasteiger partial charge in [0.2, 0.25) is 9.84 Å². The first-order valence-electron chi connectivity index (χ1n) is 7.96. The molecule has 0 atom stereocenters. The Kier molecular flexibility index (Phi) is 5.14. The number of sulfone groups is 1. The van der Waals surface area contributed by atoms with Crippen LogP contribution in [0.15, 0.2) is 82.6 Å². The van der Waals surface area contributed by atoms with Crippen LogP contribution in [0.1, 0.15) is 5.56 Å². The third-order valence-corrected chi connectivity index (χ3v) is 5.67. The van der Waals surface area contributed by atoms with Gasteiger partial charge in [0.1, 0.15) is 18.1 Å². The van der Waals surface area contributed by atoms with Gasteiger partial charge in [0.25, 0.3) is 0 Å². The summed E-state index contributed by atoms with van der Waals surface area (Å²) in [6, 6.07) is 20.3. The third-order valence-electron chi connectivity index (χ3n) is 3.90. The van der Waals surface area contributed by atoms with Crippen molar-refractivity contribution in [1.29, 1.82) is 0 Å². The lowest BCUT2D eigenvalue weighted by molar-refractivity contribution is 0.307. The van der Waals surface area contributed by atoms with Crippen LogP contribution in [0.5, 0.6) is 11.5 Å². The van der Waals surface area contributed by atoms with Crippen LogP contribution in [-0.2, 0) is 16.4 Å². The molecule has 0 aliphatic rings. The summed E-state index contributed by atoms with van der Waals surface area (Å²) in [7, 11) is -2.15. The molecule has 0 aliphatic heterocycles. The number of methoxy groups -OCH3 is 1. The number of anilines is 1. The molecule has 5 nitrogen and oxygen atoms in total. The third kappa shape index (κ3) is 3.81. The SMILES string of the molecule is COc1ccc(S(=O)(=O)c2ccc(N)c(OCc3ccccc3)c2)cc1. The summed E-state index contributed by atoms with van der Waals surface area (Å²) in [6.07, 6.45) is 0. The van der Waals surface area contributed by atoms with Gasteiger partial charge in [0, 0.05) is 6.07 Å². The van der Waals surface area contributed by atoms with Gasteiger partial charge in [-0.3, -0.25) is 0 Å². The zero-order valence-corrected chi connectivity index (χ0v) is 15.1. The monoisotopic (exact) mass is 369 g/mol. The van der Waals surface area contributed by atoms with Gasteiger partial charge in [-0.05, 0) is 42.0 Å². The standard InChI is InChI=1S/C20H19NO4S/c1-24-16-7-9-17(10-8-16)26(22,23)18-11-12-19(21)20(13-18)25-14-15-5-3-2-4-6-15/h2-13H,14,21H2,1H3. The fourth-order valence-corrected chi connectivity index (χ4v) is 3.71. The summed E-state index contributed by atoms with van der Waals surface area (Å²) >= 11 is 0. The van der Waals surface area contributed by atoms with Crippen LogP contribution < -0.4 is 15.2 Å². The van der Waals surface area contributed by atoms with Gasteiger partial charge >= 0.3 is 0 Å². The molecule has 3 aromatic carbocycles. The first kappa shape index (κ1) is 17.8. The van der Waals surface area contributed by atoms with E-state index in [1.165, 1.54) is 37.4 Å². The molecule has 0 heterocycles. The number of hydrogen-bond acceptors (Lipinski definition) is 5. The van der Waals surface area contributed by atoms with Gasteiger partial charge in [-0.25, -0.2) is 8.42 Å². The molecule has 0 unspecified atom stereocenters. The van der Waals surface area contributed by atoms with E-state index in [9.17, 15) is 8.42 Å². The lowest BCUT2D eigenvalue weighted by Crippen LogP contribution is -2.04. The summed E-state index contributed by atoms with van der Waals surface area (Å²) in [5.41, 5.74) is 7.29. The minimum Gasteiger partial charge on any atom is -0.497 e. The Bertz CT molecular complexity index is 984. The maximum Gasteiger partial charge on any atom is 0.206 e. The van der Waals surface area contributed by atoms with E-state index in [0.29, 0.717) is 23.8 Å². The van der Waals surface area contributed by atoms with E-state index >= 15 is 0 Å². The lowest BCUT2D eigenvalue weighted by atomic mass is 10.2. The van der Waals surface area contributed by atoms with E-state index in [2.05, 4.69) is 0 Å². The molecule has 134 valence electrons. The summed E-state index contributed by atoms with van der Waals surface area (Å²) in [6.45, 7) is 0.303. The van der Waals surface area contributed by atoms with Crippen LogP contribution in [0.25, 0.3) is 0 Å². The van der Waals surface area contributed by atoms with E-state index in [1.54, 1.807) is 12.1 Å². The second kappa shape index (κ2) is 7.49. The van der Waals surface area contributed by atoms with Crippen LogP contribution in [0.3, 0.4) is 0 Å². The average Bonchev–Trinajstić information content (AvgIpc) is 2.68. The molecule has 3 rings (SSSR count). The Morgan fingerprint density at radius 3 is 2.19 bits per heavy atom. The first-order valence-corrected chi connectivity index (χ1v) is 9.44. The number of nitrogen functional groups attached to an aromatic ring is 1. The number of benzene rings is 3. The quantitative estimate of drug-likeness (QED) is 0.671. The molecule has 0 saturated carbocycles. The normalized spacial score (nSPS) is 11.1. The van der Waals surface area contributed by atoms with E-state index < -0.39 is 9.84 Å². The molecule has 2 N–H and O–H groups in total. The topological polar surface area (TPSA) is 78.6 Å². The largest absolute Gasteiger partial charge is 0.497 e. The van der Waals surface area contributed by atoms with Crippen molar-refractivity contribution in [2.75, 3.05) is 12.8 Å². The molecule has 0 spiro atoms. The molecule has 0 aromatic heterocycles. The Morgan fingerprint density at radius 1 is 0.885 bits per heavy atom. The van der Waals surface area contributed by atoms with Gasteiger partial charge in [-0.15, -0.1) is 0 Å². The summed E-state index contributed by atoms with van der Waals surface area (Å²) in [5.74, 6) is 0.927.